The zero-order valence-corrected chi connectivity index (χ0v) is 14.4. The Morgan fingerprint density at radius 2 is 1.70 bits per heavy atom. The van der Waals surface area contributed by atoms with Gasteiger partial charge >= 0.3 is 5.97 Å². The number of aromatic hydroxyl groups is 1. The standard InChI is InChI=1S/C18H25NO4/c1-5-13(20)15-16(19-9-7-6-8-10-19)12(3)11(2)14(17(15)21)18(22)23-4/h21H,5-10H2,1-4H3. The van der Waals surface area contributed by atoms with Crippen LogP contribution in [0.5, 0.6) is 5.75 Å². The average molecular weight is 319 g/mol. The molecule has 23 heavy (non-hydrogen) atoms. The smallest absolute Gasteiger partial charge is 0.341 e. The van der Waals surface area contributed by atoms with Crippen molar-refractivity contribution in [2.45, 2.75) is 46.5 Å². The molecule has 1 aromatic carbocycles. The van der Waals surface area contributed by atoms with Crippen molar-refractivity contribution in [2.24, 2.45) is 0 Å². The highest BCUT2D eigenvalue weighted by Crippen LogP contribution is 2.40. The number of hydrogen-bond donors (Lipinski definition) is 1. The number of ketones is 1. The van der Waals surface area contributed by atoms with Gasteiger partial charge in [0.15, 0.2) is 5.78 Å². The van der Waals surface area contributed by atoms with Crippen LogP contribution in [0.4, 0.5) is 5.69 Å². The van der Waals surface area contributed by atoms with Crippen LogP contribution in [0.2, 0.25) is 0 Å². The summed E-state index contributed by atoms with van der Waals surface area (Å²) in [5, 5.41) is 10.7. The van der Waals surface area contributed by atoms with Gasteiger partial charge in [0.25, 0.3) is 0 Å². The minimum absolute atomic E-state index is 0.0996. The van der Waals surface area contributed by atoms with Gasteiger partial charge in [-0.3, -0.25) is 4.79 Å². The molecule has 126 valence electrons. The Hall–Kier alpha value is -2.04. The van der Waals surface area contributed by atoms with Gasteiger partial charge < -0.3 is 14.7 Å². The number of phenolic OH excluding ortho intramolecular Hbond substituents is 1. The third-order valence-electron chi connectivity index (χ3n) is 4.66. The van der Waals surface area contributed by atoms with E-state index >= 15 is 0 Å². The topological polar surface area (TPSA) is 66.8 Å². The summed E-state index contributed by atoms with van der Waals surface area (Å²) in [6.45, 7) is 7.17. The lowest BCUT2D eigenvalue weighted by molar-refractivity contribution is 0.0596. The molecule has 0 unspecified atom stereocenters. The predicted octanol–water partition coefficient (Wildman–Crippen LogP) is 3.38. The molecule has 0 amide bonds. The van der Waals surface area contributed by atoms with Crippen LogP contribution in [-0.2, 0) is 4.74 Å². The van der Waals surface area contributed by atoms with E-state index in [-0.39, 0.29) is 29.1 Å². The lowest BCUT2D eigenvalue weighted by Crippen LogP contribution is -2.32. The van der Waals surface area contributed by atoms with Gasteiger partial charge in [-0.15, -0.1) is 0 Å². The van der Waals surface area contributed by atoms with Crippen LogP contribution in [0.3, 0.4) is 0 Å². The van der Waals surface area contributed by atoms with Crippen molar-refractivity contribution >= 4 is 17.4 Å². The number of esters is 1. The third kappa shape index (κ3) is 3.05. The van der Waals surface area contributed by atoms with Gasteiger partial charge in [0.05, 0.1) is 18.4 Å². The van der Waals surface area contributed by atoms with E-state index in [0.29, 0.717) is 5.56 Å². The van der Waals surface area contributed by atoms with Crippen molar-refractivity contribution in [3.8, 4) is 5.75 Å². The van der Waals surface area contributed by atoms with Crippen LogP contribution < -0.4 is 4.90 Å². The average Bonchev–Trinajstić information content (AvgIpc) is 2.57. The zero-order chi connectivity index (χ0) is 17.1. The summed E-state index contributed by atoms with van der Waals surface area (Å²) in [4.78, 5) is 26.7. The van der Waals surface area contributed by atoms with Gasteiger partial charge in [-0.05, 0) is 44.2 Å². The number of phenols is 1. The van der Waals surface area contributed by atoms with Crippen LogP contribution >= 0.6 is 0 Å². The Balaban J connectivity index is 2.74. The highest BCUT2D eigenvalue weighted by atomic mass is 16.5. The summed E-state index contributed by atoms with van der Waals surface area (Å²) in [5.74, 6) is -1.01. The molecule has 1 aliphatic heterocycles. The normalized spacial score (nSPS) is 14.7. The Labute approximate surface area is 137 Å². The van der Waals surface area contributed by atoms with Crippen molar-refractivity contribution in [1.29, 1.82) is 0 Å². The van der Waals surface area contributed by atoms with E-state index in [9.17, 15) is 14.7 Å². The number of piperidine rings is 1. The lowest BCUT2D eigenvalue weighted by Gasteiger charge is -2.33. The Morgan fingerprint density at radius 3 is 2.22 bits per heavy atom. The summed E-state index contributed by atoms with van der Waals surface area (Å²) in [7, 11) is 1.27. The Kier molecular flexibility index (Phi) is 5.29. The summed E-state index contributed by atoms with van der Waals surface area (Å²) >= 11 is 0. The molecule has 2 rings (SSSR count). The first-order valence-electron chi connectivity index (χ1n) is 8.16. The molecule has 0 spiro atoms. The molecule has 0 saturated carbocycles. The molecule has 1 aliphatic rings. The maximum absolute atomic E-state index is 12.5. The molecule has 5 heteroatoms. The van der Waals surface area contributed by atoms with E-state index in [1.165, 1.54) is 13.5 Å². The lowest BCUT2D eigenvalue weighted by atomic mass is 9.91. The first-order valence-corrected chi connectivity index (χ1v) is 8.16. The summed E-state index contributed by atoms with van der Waals surface area (Å²) < 4.78 is 4.78. The molecular weight excluding hydrogens is 294 g/mol. The molecule has 0 aromatic heterocycles. The number of methoxy groups -OCH3 is 1. The van der Waals surface area contributed by atoms with Gasteiger partial charge in [-0.25, -0.2) is 4.79 Å². The minimum Gasteiger partial charge on any atom is -0.506 e. The van der Waals surface area contributed by atoms with Crippen molar-refractivity contribution in [2.75, 3.05) is 25.1 Å². The van der Waals surface area contributed by atoms with Gasteiger partial charge in [-0.1, -0.05) is 6.92 Å². The highest BCUT2D eigenvalue weighted by Gasteiger charge is 2.30. The fourth-order valence-corrected chi connectivity index (χ4v) is 3.27. The highest BCUT2D eigenvalue weighted by molar-refractivity contribution is 6.09. The number of carbonyl (C=O) groups excluding carboxylic acids is 2. The van der Waals surface area contributed by atoms with Crippen LogP contribution in [-0.4, -0.2) is 37.1 Å². The van der Waals surface area contributed by atoms with Crippen LogP contribution in [0.15, 0.2) is 0 Å². The quantitative estimate of drug-likeness (QED) is 0.681. The monoisotopic (exact) mass is 319 g/mol. The largest absolute Gasteiger partial charge is 0.506 e. The van der Waals surface area contributed by atoms with Crippen LogP contribution in [0.25, 0.3) is 0 Å². The number of hydrogen-bond acceptors (Lipinski definition) is 5. The van der Waals surface area contributed by atoms with E-state index in [4.69, 9.17) is 4.74 Å². The number of ether oxygens (including phenoxy) is 1. The molecule has 1 heterocycles. The maximum Gasteiger partial charge on any atom is 0.341 e. The van der Waals surface area contributed by atoms with Gasteiger partial charge in [-0.2, -0.15) is 0 Å². The van der Waals surface area contributed by atoms with Crippen molar-refractivity contribution in [1.82, 2.24) is 0 Å². The van der Waals surface area contributed by atoms with Gasteiger partial charge in [0.1, 0.15) is 11.3 Å². The molecule has 0 radical (unpaired) electrons. The summed E-state index contributed by atoms with van der Waals surface area (Å²) in [5.41, 5.74) is 2.67. The van der Waals surface area contributed by atoms with E-state index in [0.717, 1.165) is 37.2 Å². The molecule has 0 atom stereocenters. The Morgan fingerprint density at radius 1 is 1.09 bits per heavy atom. The summed E-state index contributed by atoms with van der Waals surface area (Å²) in [6, 6.07) is 0. The molecule has 1 saturated heterocycles. The number of benzene rings is 1. The SMILES string of the molecule is CCC(=O)c1c(O)c(C(=O)OC)c(C)c(C)c1N1CCCCC1. The molecule has 1 N–H and O–H groups in total. The summed E-state index contributed by atoms with van der Waals surface area (Å²) in [6.07, 6.45) is 3.59. The van der Waals surface area contributed by atoms with Crippen molar-refractivity contribution in [3.05, 3.63) is 22.3 Å². The predicted molar refractivity (Wildman–Crippen MR) is 89.6 cm³/mol. The molecular formula is C18H25NO4. The molecule has 0 aliphatic carbocycles. The fourth-order valence-electron chi connectivity index (χ4n) is 3.27. The molecule has 5 nitrogen and oxygen atoms in total. The molecule has 0 bridgehead atoms. The second-order valence-electron chi connectivity index (χ2n) is 6.01. The molecule has 1 aromatic rings. The van der Waals surface area contributed by atoms with E-state index < -0.39 is 5.97 Å². The van der Waals surface area contributed by atoms with Crippen LogP contribution in [0, 0.1) is 13.8 Å². The van der Waals surface area contributed by atoms with Gasteiger partial charge in [0.2, 0.25) is 0 Å². The number of nitrogens with zero attached hydrogens (tertiary/aromatic N) is 1. The second-order valence-corrected chi connectivity index (χ2v) is 6.01. The number of carbonyl (C=O) groups is 2. The molecule has 1 fully saturated rings. The fraction of sp³-hybridized carbons (Fsp3) is 0.556. The van der Waals surface area contributed by atoms with E-state index in [1.807, 2.05) is 6.92 Å². The van der Waals surface area contributed by atoms with Crippen LogP contribution in [0.1, 0.15) is 64.4 Å². The maximum atomic E-state index is 12.5. The van der Waals surface area contributed by atoms with E-state index in [1.54, 1.807) is 13.8 Å². The first-order chi connectivity index (χ1) is 10.9. The van der Waals surface area contributed by atoms with Crippen molar-refractivity contribution in [3.63, 3.8) is 0 Å². The number of Topliss-reactive ketones (excluding diaryl/α,β-unsaturated/α-hetero) is 1. The number of anilines is 1. The first kappa shape index (κ1) is 17.3. The Bertz CT molecular complexity index is 631. The zero-order valence-electron chi connectivity index (χ0n) is 14.4. The second kappa shape index (κ2) is 7.02. The minimum atomic E-state index is -0.613. The van der Waals surface area contributed by atoms with Crippen molar-refractivity contribution < 1.29 is 19.4 Å². The number of rotatable bonds is 4. The third-order valence-corrected chi connectivity index (χ3v) is 4.66. The van der Waals surface area contributed by atoms with E-state index in [2.05, 4.69) is 4.90 Å². The van der Waals surface area contributed by atoms with Gasteiger partial charge in [0, 0.05) is 19.5 Å².